The van der Waals surface area contributed by atoms with Crippen molar-refractivity contribution in [3.05, 3.63) is 29.8 Å². The molecule has 1 amide bonds. The van der Waals surface area contributed by atoms with E-state index in [2.05, 4.69) is 0 Å². The first kappa shape index (κ1) is 13.9. The van der Waals surface area contributed by atoms with Gasteiger partial charge in [-0.25, -0.2) is 0 Å². The maximum atomic E-state index is 12.3. The molecule has 104 valence electrons. The maximum absolute atomic E-state index is 12.3. The fourth-order valence-corrected chi connectivity index (χ4v) is 2.32. The first-order valence-electron chi connectivity index (χ1n) is 6.77. The minimum absolute atomic E-state index is 0.0187. The predicted octanol–water partition coefficient (Wildman–Crippen LogP) is 1.93. The van der Waals surface area contributed by atoms with Crippen LogP contribution in [0, 0.1) is 5.92 Å². The van der Waals surface area contributed by atoms with Crippen LogP contribution in [0.4, 0.5) is 0 Å². The van der Waals surface area contributed by atoms with Gasteiger partial charge in [-0.2, -0.15) is 0 Å². The first-order valence-corrected chi connectivity index (χ1v) is 6.77. The molecule has 1 atom stereocenters. The van der Waals surface area contributed by atoms with E-state index >= 15 is 0 Å². The fourth-order valence-electron chi connectivity index (χ4n) is 2.32. The first-order chi connectivity index (χ1) is 9.10. The smallest absolute Gasteiger partial charge is 0.253 e. The Labute approximate surface area is 114 Å². The minimum atomic E-state index is 0.0187. The van der Waals surface area contributed by atoms with Crippen molar-refractivity contribution >= 4 is 5.91 Å². The van der Waals surface area contributed by atoms with Crippen LogP contribution in [0.5, 0.6) is 5.75 Å². The number of likely N-dealkylation sites (tertiary alicyclic amines) is 1. The predicted molar refractivity (Wildman–Crippen MR) is 73.3 cm³/mol. The summed E-state index contributed by atoms with van der Waals surface area (Å²) in [5.74, 6) is 0.961. The van der Waals surface area contributed by atoms with E-state index in [-0.39, 0.29) is 24.5 Å². The molecule has 1 aromatic rings. The van der Waals surface area contributed by atoms with E-state index in [0.29, 0.717) is 12.1 Å². The summed E-state index contributed by atoms with van der Waals surface area (Å²) in [7, 11) is 0. The number of rotatable bonds is 4. The number of hydrogen-bond donors (Lipinski definition) is 1. The molecule has 2 rings (SSSR count). The van der Waals surface area contributed by atoms with Gasteiger partial charge in [0.05, 0.1) is 6.10 Å². The summed E-state index contributed by atoms with van der Waals surface area (Å²) in [6, 6.07) is 7.29. The zero-order valence-electron chi connectivity index (χ0n) is 11.5. The van der Waals surface area contributed by atoms with Crippen LogP contribution in [0.15, 0.2) is 24.3 Å². The Balaban J connectivity index is 2.07. The second kappa shape index (κ2) is 6.06. The molecular formula is C15H21NO3. The molecule has 4 nitrogen and oxygen atoms in total. The number of benzene rings is 1. The van der Waals surface area contributed by atoms with E-state index in [4.69, 9.17) is 9.84 Å². The van der Waals surface area contributed by atoms with Crippen LogP contribution in [0.2, 0.25) is 0 Å². The van der Waals surface area contributed by atoms with E-state index in [1.54, 1.807) is 11.0 Å². The fraction of sp³-hybridized carbons (Fsp3) is 0.533. The molecule has 19 heavy (non-hydrogen) atoms. The molecule has 1 unspecified atom stereocenters. The van der Waals surface area contributed by atoms with Gasteiger partial charge < -0.3 is 14.7 Å². The number of aliphatic hydroxyl groups is 1. The lowest BCUT2D eigenvalue weighted by Gasteiger charge is -2.17. The van der Waals surface area contributed by atoms with Crippen molar-refractivity contribution in [2.75, 3.05) is 19.7 Å². The SMILES string of the molecule is CC(C)Oc1cccc(C(=O)N2CCC(CO)C2)c1. The summed E-state index contributed by atoms with van der Waals surface area (Å²) < 4.78 is 5.60. The number of carbonyl (C=O) groups excluding carboxylic acids is 1. The lowest BCUT2D eigenvalue weighted by molar-refractivity contribution is 0.0781. The topological polar surface area (TPSA) is 49.8 Å². The molecule has 0 aromatic heterocycles. The van der Waals surface area contributed by atoms with Gasteiger partial charge in [0.25, 0.3) is 5.91 Å². The third-order valence-corrected chi connectivity index (χ3v) is 3.28. The lowest BCUT2D eigenvalue weighted by Crippen LogP contribution is -2.29. The Kier molecular flexibility index (Phi) is 4.43. The van der Waals surface area contributed by atoms with Crippen LogP contribution in [-0.2, 0) is 0 Å². The number of aliphatic hydroxyl groups excluding tert-OH is 1. The minimum Gasteiger partial charge on any atom is -0.491 e. The molecule has 1 aliphatic rings. The molecule has 0 spiro atoms. The molecule has 1 N–H and O–H groups in total. The van der Waals surface area contributed by atoms with E-state index in [9.17, 15) is 4.79 Å². The van der Waals surface area contributed by atoms with Crippen LogP contribution in [0.1, 0.15) is 30.6 Å². The van der Waals surface area contributed by atoms with Crippen LogP contribution in [0.3, 0.4) is 0 Å². The van der Waals surface area contributed by atoms with Gasteiger partial charge in [-0.3, -0.25) is 4.79 Å². The Morgan fingerprint density at radius 3 is 2.95 bits per heavy atom. The van der Waals surface area contributed by atoms with Crippen molar-refractivity contribution in [3.8, 4) is 5.75 Å². The van der Waals surface area contributed by atoms with Crippen LogP contribution in [-0.4, -0.2) is 41.7 Å². The molecule has 1 aromatic carbocycles. The van der Waals surface area contributed by atoms with Gasteiger partial charge in [0.1, 0.15) is 5.75 Å². The van der Waals surface area contributed by atoms with Crippen molar-refractivity contribution in [3.63, 3.8) is 0 Å². The van der Waals surface area contributed by atoms with Gasteiger partial charge >= 0.3 is 0 Å². The second-order valence-electron chi connectivity index (χ2n) is 5.28. The molecule has 0 bridgehead atoms. The highest BCUT2D eigenvalue weighted by Gasteiger charge is 2.26. The Morgan fingerprint density at radius 2 is 2.32 bits per heavy atom. The van der Waals surface area contributed by atoms with E-state index in [1.165, 1.54) is 0 Å². The third kappa shape index (κ3) is 3.47. The normalized spacial score (nSPS) is 18.9. The van der Waals surface area contributed by atoms with Crippen molar-refractivity contribution in [2.45, 2.75) is 26.4 Å². The van der Waals surface area contributed by atoms with E-state index in [1.807, 2.05) is 32.0 Å². The van der Waals surface area contributed by atoms with Crippen LogP contribution in [0.25, 0.3) is 0 Å². The van der Waals surface area contributed by atoms with Crippen molar-refractivity contribution in [2.24, 2.45) is 5.92 Å². The van der Waals surface area contributed by atoms with Gasteiger partial charge in [-0.05, 0) is 38.5 Å². The zero-order valence-corrected chi connectivity index (χ0v) is 11.5. The summed E-state index contributed by atoms with van der Waals surface area (Å²) in [5.41, 5.74) is 0.650. The quantitative estimate of drug-likeness (QED) is 0.903. The second-order valence-corrected chi connectivity index (χ2v) is 5.28. The van der Waals surface area contributed by atoms with Crippen LogP contribution >= 0.6 is 0 Å². The average molecular weight is 263 g/mol. The summed E-state index contributed by atoms with van der Waals surface area (Å²) in [4.78, 5) is 14.1. The summed E-state index contributed by atoms with van der Waals surface area (Å²) in [6.07, 6.45) is 0.973. The highest BCUT2D eigenvalue weighted by Crippen LogP contribution is 2.21. The molecule has 1 saturated heterocycles. The monoisotopic (exact) mass is 263 g/mol. The molecule has 0 aliphatic carbocycles. The van der Waals surface area contributed by atoms with Crippen molar-refractivity contribution in [1.29, 1.82) is 0 Å². The van der Waals surface area contributed by atoms with E-state index in [0.717, 1.165) is 18.7 Å². The average Bonchev–Trinajstić information content (AvgIpc) is 2.86. The summed E-state index contributed by atoms with van der Waals surface area (Å²) >= 11 is 0. The largest absolute Gasteiger partial charge is 0.491 e. The highest BCUT2D eigenvalue weighted by atomic mass is 16.5. The van der Waals surface area contributed by atoms with Gasteiger partial charge in [0.2, 0.25) is 0 Å². The number of nitrogens with zero attached hydrogens (tertiary/aromatic N) is 1. The molecule has 1 heterocycles. The Hall–Kier alpha value is -1.55. The third-order valence-electron chi connectivity index (χ3n) is 3.28. The molecular weight excluding hydrogens is 242 g/mol. The Bertz CT molecular complexity index is 445. The molecule has 1 aliphatic heterocycles. The standard InChI is InChI=1S/C15H21NO3/c1-11(2)19-14-5-3-4-13(8-14)15(18)16-7-6-12(9-16)10-17/h3-5,8,11-12,17H,6-7,9-10H2,1-2H3. The van der Waals surface area contributed by atoms with Crippen molar-refractivity contribution < 1.29 is 14.6 Å². The van der Waals surface area contributed by atoms with Crippen molar-refractivity contribution in [1.82, 2.24) is 4.90 Å². The number of hydrogen-bond acceptors (Lipinski definition) is 3. The lowest BCUT2D eigenvalue weighted by atomic mass is 10.1. The van der Waals surface area contributed by atoms with Gasteiger partial charge in [0.15, 0.2) is 0 Å². The molecule has 0 radical (unpaired) electrons. The maximum Gasteiger partial charge on any atom is 0.253 e. The van der Waals surface area contributed by atoms with Gasteiger partial charge in [-0.1, -0.05) is 6.07 Å². The zero-order chi connectivity index (χ0) is 13.8. The highest BCUT2D eigenvalue weighted by molar-refractivity contribution is 5.94. The molecule has 4 heteroatoms. The summed E-state index contributed by atoms with van der Waals surface area (Å²) in [6.45, 7) is 5.44. The number of amides is 1. The molecule has 0 saturated carbocycles. The van der Waals surface area contributed by atoms with Gasteiger partial charge in [-0.15, -0.1) is 0 Å². The summed E-state index contributed by atoms with van der Waals surface area (Å²) in [5, 5.41) is 9.12. The number of carbonyl (C=O) groups is 1. The van der Waals surface area contributed by atoms with Gasteiger partial charge in [0, 0.05) is 31.2 Å². The van der Waals surface area contributed by atoms with E-state index < -0.39 is 0 Å². The van der Waals surface area contributed by atoms with Crippen LogP contribution < -0.4 is 4.74 Å². The molecule has 1 fully saturated rings. The number of ether oxygens (including phenoxy) is 1. The Morgan fingerprint density at radius 1 is 1.53 bits per heavy atom.